The molecule has 4 atom stereocenters. The summed E-state index contributed by atoms with van der Waals surface area (Å²) in [7, 11) is 1.32. The van der Waals surface area contributed by atoms with Gasteiger partial charge in [-0.1, -0.05) is 0 Å². The number of aromatic amines is 1. The largest absolute Gasteiger partial charge is 0.487 e. The molecule has 4 aromatic rings. The molecule has 4 aliphatic rings. The van der Waals surface area contributed by atoms with Gasteiger partial charge in [0.2, 0.25) is 0 Å². The SMILES string of the molecule is COc1nc(N2CC3CCC(C2)N3)c2cc(F)c(-c3c(OC(F)(F)Cl)c(C)cc4[nH]nc(C#N)c34)c(F)c2n1.FC1CC2CCCN2C1. The number of aromatic nitrogens is 4. The fourth-order valence-electron chi connectivity index (χ4n) is 7.59. The van der Waals surface area contributed by atoms with E-state index in [1.807, 2.05) is 11.0 Å². The van der Waals surface area contributed by atoms with Crippen molar-refractivity contribution >= 4 is 39.2 Å². The molecular formula is C32H32ClF5N8O2. The highest BCUT2D eigenvalue weighted by molar-refractivity contribution is 6.21. The number of halogens is 6. The standard InChI is InChI=1S/C25H20ClF4N7O2.C7H12FN/c1-10-5-15-18(16(7-31)36-35-15)19(22(10)39-25(26,29)30)17-14(27)6-13-21(20(17)28)33-24(38-2)34-23(13)37-8-11-3-4-12(9-37)32-11;8-6-4-7-2-1-3-9(7)5-6/h5-6,11-12,32H,3-4,8-9H2,1-2H3,(H,35,36);6-7H,1-5H2. The Bertz CT molecular complexity index is 1910. The number of piperazine rings is 1. The molecule has 0 spiro atoms. The van der Waals surface area contributed by atoms with E-state index in [0.717, 1.165) is 31.9 Å². The zero-order valence-electron chi connectivity index (χ0n) is 26.1. The van der Waals surface area contributed by atoms with Gasteiger partial charge in [-0.05, 0) is 63.3 Å². The lowest BCUT2D eigenvalue weighted by atomic mass is 9.94. The fraction of sp³-hybridized carbons (Fsp3) is 0.500. The number of hydrogen-bond donors (Lipinski definition) is 2. The van der Waals surface area contributed by atoms with E-state index in [1.165, 1.54) is 32.9 Å². The molecule has 2 N–H and O–H groups in total. The van der Waals surface area contributed by atoms with Crippen LogP contribution in [0.4, 0.5) is 27.8 Å². The monoisotopic (exact) mass is 690 g/mol. The minimum atomic E-state index is -4.21. The van der Waals surface area contributed by atoms with E-state index in [0.29, 0.717) is 31.5 Å². The van der Waals surface area contributed by atoms with Gasteiger partial charge in [-0.2, -0.15) is 20.3 Å². The topological polar surface area (TPSA) is 115 Å². The Kier molecular flexibility index (Phi) is 8.45. The number of ether oxygens (including phenoxy) is 2. The van der Waals surface area contributed by atoms with Gasteiger partial charge >= 0.3 is 11.6 Å². The lowest BCUT2D eigenvalue weighted by molar-refractivity contribution is -0.0964. The Morgan fingerprint density at radius 3 is 2.50 bits per heavy atom. The van der Waals surface area contributed by atoms with Crippen LogP contribution in [0, 0.1) is 29.9 Å². The third kappa shape index (κ3) is 5.94. The third-order valence-corrected chi connectivity index (χ3v) is 9.64. The maximum Gasteiger partial charge on any atom is 0.487 e. The molecule has 6 heterocycles. The van der Waals surface area contributed by atoms with E-state index in [2.05, 4.69) is 35.1 Å². The number of H-pyrrole nitrogens is 1. The molecule has 4 saturated heterocycles. The molecule has 2 aromatic carbocycles. The van der Waals surface area contributed by atoms with Crippen molar-refractivity contribution in [3.05, 3.63) is 35.0 Å². The summed E-state index contributed by atoms with van der Waals surface area (Å²) in [6.45, 7) is 4.39. The van der Waals surface area contributed by atoms with Crippen molar-refractivity contribution < 1.29 is 31.4 Å². The number of nitriles is 1. The van der Waals surface area contributed by atoms with Gasteiger partial charge in [0, 0.05) is 65.7 Å². The summed E-state index contributed by atoms with van der Waals surface area (Å²) in [6.07, 6.45) is 4.75. The van der Waals surface area contributed by atoms with Gasteiger partial charge in [0.1, 0.15) is 35.1 Å². The number of anilines is 1. The Morgan fingerprint density at radius 1 is 1.08 bits per heavy atom. The molecule has 4 fully saturated rings. The molecule has 48 heavy (non-hydrogen) atoms. The number of rotatable bonds is 5. The Balaban J connectivity index is 0.000000347. The van der Waals surface area contributed by atoms with E-state index in [1.54, 1.807) is 0 Å². The molecule has 0 saturated carbocycles. The van der Waals surface area contributed by atoms with Gasteiger partial charge in [0.15, 0.2) is 11.5 Å². The van der Waals surface area contributed by atoms with Gasteiger partial charge in [-0.15, -0.1) is 8.78 Å². The van der Waals surface area contributed by atoms with Crippen molar-refractivity contribution in [1.82, 2.24) is 30.4 Å². The van der Waals surface area contributed by atoms with Crippen LogP contribution in [0.25, 0.3) is 32.9 Å². The van der Waals surface area contributed by atoms with Crippen LogP contribution in [0.15, 0.2) is 12.1 Å². The molecule has 0 radical (unpaired) electrons. The van der Waals surface area contributed by atoms with Crippen LogP contribution in [0.5, 0.6) is 11.8 Å². The van der Waals surface area contributed by atoms with Crippen molar-refractivity contribution in [2.45, 2.75) is 68.9 Å². The van der Waals surface area contributed by atoms with Crippen molar-refractivity contribution in [3.8, 4) is 29.0 Å². The number of nitrogens with zero attached hydrogens (tertiary/aromatic N) is 6. The average molecular weight is 691 g/mol. The van der Waals surface area contributed by atoms with Crippen LogP contribution in [0.1, 0.15) is 43.4 Å². The summed E-state index contributed by atoms with van der Waals surface area (Å²) in [6, 6.07) is 5.09. The van der Waals surface area contributed by atoms with Gasteiger partial charge in [0.05, 0.1) is 18.2 Å². The van der Waals surface area contributed by atoms with Gasteiger partial charge < -0.3 is 19.7 Å². The number of fused-ring (bicyclic) bond motifs is 5. The van der Waals surface area contributed by atoms with E-state index in [-0.39, 0.29) is 51.2 Å². The molecule has 0 amide bonds. The van der Waals surface area contributed by atoms with Crippen LogP contribution in [0.2, 0.25) is 0 Å². The Hall–Kier alpha value is -4.00. The summed E-state index contributed by atoms with van der Waals surface area (Å²) in [5, 5.41) is 19.5. The molecule has 254 valence electrons. The highest BCUT2D eigenvalue weighted by atomic mass is 35.5. The smallest absolute Gasteiger partial charge is 0.467 e. The quantitative estimate of drug-likeness (QED) is 0.194. The number of methoxy groups -OCH3 is 1. The van der Waals surface area contributed by atoms with E-state index in [4.69, 9.17) is 16.3 Å². The van der Waals surface area contributed by atoms with Gasteiger partial charge in [-0.25, -0.2) is 13.2 Å². The van der Waals surface area contributed by atoms with Crippen LogP contribution in [0.3, 0.4) is 0 Å². The van der Waals surface area contributed by atoms with E-state index < -0.39 is 40.3 Å². The predicted molar refractivity (Wildman–Crippen MR) is 168 cm³/mol. The fourth-order valence-corrected chi connectivity index (χ4v) is 7.67. The average Bonchev–Trinajstić information content (AvgIpc) is 3.81. The maximum atomic E-state index is 16.5. The zero-order chi connectivity index (χ0) is 33.9. The molecule has 16 heteroatoms. The molecule has 4 aliphatic heterocycles. The number of benzene rings is 2. The van der Waals surface area contributed by atoms with Gasteiger partial charge in [0.25, 0.3) is 0 Å². The molecule has 4 unspecified atom stereocenters. The number of alkyl halides is 4. The summed E-state index contributed by atoms with van der Waals surface area (Å²) < 4.78 is 82.8. The minimum Gasteiger partial charge on any atom is -0.467 e. The summed E-state index contributed by atoms with van der Waals surface area (Å²) in [4.78, 5) is 12.8. The van der Waals surface area contributed by atoms with Crippen molar-refractivity contribution in [1.29, 1.82) is 5.26 Å². The van der Waals surface area contributed by atoms with Crippen LogP contribution in [-0.4, -0.2) is 88.2 Å². The van der Waals surface area contributed by atoms with Gasteiger partial charge in [-0.3, -0.25) is 10.00 Å². The minimum absolute atomic E-state index is 0.0714. The Morgan fingerprint density at radius 2 is 1.83 bits per heavy atom. The number of aryl methyl sites for hydroxylation is 1. The second-order valence-corrected chi connectivity index (χ2v) is 13.1. The normalized spacial score (nSPS) is 23.7. The molecule has 10 nitrogen and oxygen atoms in total. The predicted octanol–water partition coefficient (Wildman–Crippen LogP) is 5.94. The number of hydrogen-bond acceptors (Lipinski definition) is 9. The highest BCUT2D eigenvalue weighted by Gasteiger charge is 2.37. The molecule has 0 aliphatic carbocycles. The first-order valence-electron chi connectivity index (χ1n) is 15.7. The van der Waals surface area contributed by atoms with E-state index >= 15 is 8.78 Å². The number of nitrogens with one attached hydrogen (secondary N) is 2. The maximum absolute atomic E-state index is 16.5. The van der Waals surface area contributed by atoms with E-state index in [9.17, 15) is 18.4 Å². The molecule has 2 bridgehead atoms. The van der Waals surface area contributed by atoms with Crippen molar-refractivity contribution in [3.63, 3.8) is 0 Å². The molecular weight excluding hydrogens is 659 g/mol. The summed E-state index contributed by atoms with van der Waals surface area (Å²) in [5.74, 6) is -2.60. The van der Waals surface area contributed by atoms with Crippen molar-refractivity contribution in [2.75, 3.05) is 38.2 Å². The van der Waals surface area contributed by atoms with Crippen LogP contribution < -0.4 is 19.7 Å². The lowest BCUT2D eigenvalue weighted by Gasteiger charge is -2.34. The first-order valence-corrected chi connectivity index (χ1v) is 16.1. The third-order valence-electron chi connectivity index (χ3n) is 9.56. The first kappa shape index (κ1) is 32.5. The Labute approximate surface area is 277 Å². The lowest BCUT2D eigenvalue weighted by Crippen LogP contribution is -2.51. The summed E-state index contributed by atoms with van der Waals surface area (Å²) >= 11 is 5.07. The van der Waals surface area contributed by atoms with Crippen LogP contribution >= 0.6 is 11.6 Å². The first-order chi connectivity index (χ1) is 22.9. The second kappa shape index (κ2) is 12.5. The molecule has 2 aromatic heterocycles. The molecule has 8 rings (SSSR count). The van der Waals surface area contributed by atoms with Crippen LogP contribution in [-0.2, 0) is 0 Å². The zero-order valence-corrected chi connectivity index (χ0v) is 26.9. The highest BCUT2D eigenvalue weighted by Crippen LogP contribution is 2.47. The van der Waals surface area contributed by atoms with Crippen molar-refractivity contribution in [2.24, 2.45) is 0 Å². The summed E-state index contributed by atoms with van der Waals surface area (Å²) in [5.41, 5.74) is -5.72. The second-order valence-electron chi connectivity index (χ2n) is 12.7.